The van der Waals surface area contributed by atoms with Crippen LogP contribution in [0.1, 0.15) is 53.3 Å². The molecule has 24 heavy (non-hydrogen) atoms. The Balaban J connectivity index is 3.11. The molecule has 0 aromatic carbocycles. The number of hydrogen-bond donors (Lipinski definition) is 2. The first-order valence-electron chi connectivity index (χ1n) is 7.84. The fraction of sp³-hybridized carbons (Fsp3) is 0.562. The van der Waals surface area contributed by atoms with E-state index in [0.717, 1.165) is 11.3 Å². The predicted molar refractivity (Wildman–Crippen MR) is 100 cm³/mol. The molecule has 0 atom stereocenters. The first-order chi connectivity index (χ1) is 11.3. The Morgan fingerprint density at radius 3 is 2.29 bits per heavy atom. The zero-order chi connectivity index (χ0) is 18.3. The van der Waals surface area contributed by atoms with Gasteiger partial charge in [0.25, 0.3) is 0 Å². The van der Waals surface area contributed by atoms with Gasteiger partial charge in [-0.05, 0) is 44.5 Å². The normalized spacial score (nSPS) is 10.4. The lowest BCUT2D eigenvalue weighted by Gasteiger charge is -2.12. The van der Waals surface area contributed by atoms with E-state index in [2.05, 4.69) is 24.5 Å². The third kappa shape index (κ3) is 5.45. The second-order valence-corrected chi connectivity index (χ2v) is 6.86. The zero-order valence-electron chi connectivity index (χ0n) is 14.6. The fourth-order valence-electron chi connectivity index (χ4n) is 1.89. The summed E-state index contributed by atoms with van der Waals surface area (Å²) in [5.41, 5.74) is 0.852. The fourth-order valence-corrected chi connectivity index (χ4v) is 3.23. The highest BCUT2D eigenvalue weighted by Crippen LogP contribution is 2.34. The van der Waals surface area contributed by atoms with Crippen LogP contribution in [0.2, 0.25) is 0 Å². The van der Waals surface area contributed by atoms with Gasteiger partial charge in [0.15, 0.2) is 5.11 Å². The van der Waals surface area contributed by atoms with Gasteiger partial charge in [0.2, 0.25) is 0 Å². The summed E-state index contributed by atoms with van der Waals surface area (Å²) in [6.45, 7) is 10.5. The number of carbonyl (C=O) groups is 2. The minimum absolute atomic E-state index is 0.248. The average molecular weight is 373 g/mol. The van der Waals surface area contributed by atoms with E-state index in [1.54, 1.807) is 20.8 Å². The molecule has 1 rings (SSSR count). The van der Waals surface area contributed by atoms with Crippen LogP contribution in [0, 0.1) is 12.8 Å². The van der Waals surface area contributed by atoms with Gasteiger partial charge in [-0.1, -0.05) is 13.8 Å². The molecule has 0 bridgehead atoms. The third-order valence-electron chi connectivity index (χ3n) is 2.99. The largest absolute Gasteiger partial charge is 0.462 e. The molecule has 0 spiro atoms. The highest BCUT2D eigenvalue weighted by atomic mass is 32.1. The van der Waals surface area contributed by atoms with Crippen LogP contribution in [0.25, 0.3) is 0 Å². The van der Waals surface area contributed by atoms with Crippen LogP contribution >= 0.6 is 23.6 Å². The Labute approximate surface area is 151 Å². The quantitative estimate of drug-likeness (QED) is 0.561. The van der Waals surface area contributed by atoms with Gasteiger partial charge >= 0.3 is 11.9 Å². The van der Waals surface area contributed by atoms with Crippen molar-refractivity contribution >= 4 is 45.6 Å². The standard InChI is InChI=1S/C16H24N2O4S2/c1-6-21-14(19)11-10(5)12(15(20)22-7-2)24-13(11)18-16(23)17-8-9(3)4/h9H,6-8H2,1-5H3,(H2,17,18,23). The number of esters is 2. The molecule has 0 saturated carbocycles. The summed E-state index contributed by atoms with van der Waals surface area (Å²) >= 11 is 6.39. The third-order valence-corrected chi connectivity index (χ3v) is 4.42. The van der Waals surface area contributed by atoms with Crippen molar-refractivity contribution in [1.82, 2.24) is 5.32 Å². The molecular formula is C16H24N2O4S2. The van der Waals surface area contributed by atoms with Crippen molar-refractivity contribution in [2.45, 2.75) is 34.6 Å². The van der Waals surface area contributed by atoms with Crippen molar-refractivity contribution in [3.05, 3.63) is 16.0 Å². The van der Waals surface area contributed by atoms with Crippen molar-refractivity contribution in [2.75, 3.05) is 25.1 Å². The van der Waals surface area contributed by atoms with Gasteiger partial charge < -0.3 is 20.1 Å². The molecule has 0 unspecified atom stereocenters. The molecule has 1 aromatic heterocycles. The second-order valence-electron chi connectivity index (χ2n) is 5.43. The molecule has 0 aliphatic carbocycles. The molecule has 1 aromatic rings. The number of nitrogens with one attached hydrogen (secondary N) is 2. The summed E-state index contributed by atoms with van der Waals surface area (Å²) in [5.74, 6) is -0.523. The molecule has 1 heterocycles. The zero-order valence-corrected chi connectivity index (χ0v) is 16.3. The van der Waals surface area contributed by atoms with Crippen molar-refractivity contribution in [2.24, 2.45) is 5.92 Å². The van der Waals surface area contributed by atoms with Crippen LogP contribution in [0.15, 0.2) is 0 Å². The van der Waals surface area contributed by atoms with E-state index in [1.807, 2.05) is 0 Å². The minimum atomic E-state index is -0.490. The maximum Gasteiger partial charge on any atom is 0.348 e. The average Bonchev–Trinajstić information content (AvgIpc) is 2.82. The van der Waals surface area contributed by atoms with Crippen LogP contribution in [-0.2, 0) is 9.47 Å². The maximum atomic E-state index is 12.3. The predicted octanol–water partition coefficient (Wildman–Crippen LogP) is 3.35. The van der Waals surface area contributed by atoms with Crippen LogP contribution in [-0.4, -0.2) is 36.8 Å². The van der Waals surface area contributed by atoms with Crippen molar-refractivity contribution in [3.8, 4) is 0 Å². The number of thiophene rings is 1. The SMILES string of the molecule is CCOC(=O)c1sc(NC(=S)NCC(C)C)c(C(=O)OCC)c1C. The summed E-state index contributed by atoms with van der Waals surface area (Å²) in [6, 6.07) is 0. The molecule has 0 aliphatic heterocycles. The summed E-state index contributed by atoms with van der Waals surface area (Å²) < 4.78 is 10.1. The molecule has 0 aliphatic rings. The number of hydrogen-bond acceptors (Lipinski definition) is 6. The first-order valence-corrected chi connectivity index (χ1v) is 9.06. The van der Waals surface area contributed by atoms with Gasteiger partial charge in [-0.25, -0.2) is 9.59 Å². The van der Waals surface area contributed by atoms with Gasteiger partial charge in [0.05, 0.1) is 18.8 Å². The Morgan fingerprint density at radius 2 is 1.75 bits per heavy atom. The second kappa shape index (κ2) is 9.58. The summed E-state index contributed by atoms with van der Waals surface area (Å²) in [4.78, 5) is 24.7. The molecular weight excluding hydrogens is 348 g/mol. The van der Waals surface area contributed by atoms with Crippen LogP contribution < -0.4 is 10.6 Å². The first kappa shape index (κ1) is 20.4. The van der Waals surface area contributed by atoms with Gasteiger partial charge in [0.1, 0.15) is 9.88 Å². The highest BCUT2D eigenvalue weighted by molar-refractivity contribution is 7.80. The van der Waals surface area contributed by atoms with Gasteiger partial charge in [-0.3, -0.25) is 0 Å². The maximum absolute atomic E-state index is 12.3. The van der Waals surface area contributed by atoms with E-state index in [0.29, 0.717) is 38.6 Å². The number of thiocarbonyl (C=S) groups is 1. The lowest BCUT2D eigenvalue weighted by atomic mass is 10.1. The molecule has 0 saturated heterocycles. The van der Waals surface area contributed by atoms with Crippen LogP contribution in [0.4, 0.5) is 5.00 Å². The summed E-state index contributed by atoms with van der Waals surface area (Å²) in [7, 11) is 0. The van der Waals surface area contributed by atoms with Gasteiger partial charge in [-0.2, -0.15) is 0 Å². The molecule has 0 fully saturated rings. The van der Waals surface area contributed by atoms with Crippen molar-refractivity contribution < 1.29 is 19.1 Å². The topological polar surface area (TPSA) is 76.7 Å². The van der Waals surface area contributed by atoms with Crippen molar-refractivity contribution in [1.29, 1.82) is 0 Å². The van der Waals surface area contributed by atoms with Crippen LogP contribution in [0.3, 0.4) is 0 Å². The van der Waals surface area contributed by atoms with E-state index >= 15 is 0 Å². The molecule has 6 nitrogen and oxygen atoms in total. The smallest absolute Gasteiger partial charge is 0.348 e. The molecule has 8 heteroatoms. The summed E-state index contributed by atoms with van der Waals surface area (Å²) in [6.07, 6.45) is 0. The van der Waals surface area contributed by atoms with E-state index < -0.39 is 11.9 Å². The lowest BCUT2D eigenvalue weighted by Crippen LogP contribution is -2.31. The Morgan fingerprint density at radius 1 is 1.17 bits per heavy atom. The van der Waals surface area contributed by atoms with Gasteiger partial charge in [-0.15, -0.1) is 11.3 Å². The van der Waals surface area contributed by atoms with E-state index in [-0.39, 0.29) is 13.2 Å². The molecule has 0 amide bonds. The van der Waals surface area contributed by atoms with Crippen LogP contribution in [0.5, 0.6) is 0 Å². The monoisotopic (exact) mass is 372 g/mol. The van der Waals surface area contributed by atoms with E-state index in [9.17, 15) is 9.59 Å². The minimum Gasteiger partial charge on any atom is -0.462 e. The number of rotatable bonds is 7. The Bertz CT molecular complexity index is 611. The molecule has 2 N–H and O–H groups in total. The van der Waals surface area contributed by atoms with Crippen molar-refractivity contribution in [3.63, 3.8) is 0 Å². The Kier molecular flexibility index (Phi) is 8.14. The molecule has 0 radical (unpaired) electrons. The van der Waals surface area contributed by atoms with Gasteiger partial charge in [0, 0.05) is 6.54 Å². The lowest BCUT2D eigenvalue weighted by molar-refractivity contribution is 0.0527. The summed E-state index contributed by atoms with van der Waals surface area (Å²) in [5, 5.41) is 6.94. The number of carbonyl (C=O) groups excluding carboxylic acids is 2. The van der Waals surface area contributed by atoms with E-state index in [1.165, 1.54) is 0 Å². The van der Waals surface area contributed by atoms with E-state index in [4.69, 9.17) is 21.7 Å². The number of anilines is 1. The molecule has 134 valence electrons. The Hall–Kier alpha value is -1.67. The number of ether oxygens (including phenoxy) is 2. The highest BCUT2D eigenvalue weighted by Gasteiger charge is 2.26.